The van der Waals surface area contributed by atoms with Gasteiger partial charge in [-0.05, 0) is 30.5 Å². The van der Waals surface area contributed by atoms with E-state index in [9.17, 15) is 29.4 Å². The van der Waals surface area contributed by atoms with E-state index in [-0.39, 0.29) is 23.8 Å². The Morgan fingerprint density at radius 3 is 2.03 bits per heavy atom. The van der Waals surface area contributed by atoms with E-state index < -0.39 is 47.9 Å². The van der Waals surface area contributed by atoms with Crippen LogP contribution in [0.2, 0.25) is 0 Å². The molecule has 10 nitrogen and oxygen atoms in total. The standard InChI is InChI=1S/C20H30N4O6S/c1-10(2)16(24-18(27)14(21)9-31)19(28)22-11(3)17(26)23-15(20(29)30)8-12-4-6-13(25)7-5-12/h4-7,10-11,14-16,25,31H,8-9,21H2,1-3H3,(H,22,28)(H,23,26)(H,24,27)(H,29,30). The van der Waals surface area contributed by atoms with Crippen LogP contribution < -0.4 is 21.7 Å². The molecule has 4 atom stereocenters. The fraction of sp³-hybridized carbons (Fsp3) is 0.500. The highest BCUT2D eigenvalue weighted by molar-refractivity contribution is 7.80. The van der Waals surface area contributed by atoms with Crippen LogP contribution in [0, 0.1) is 5.92 Å². The van der Waals surface area contributed by atoms with E-state index in [2.05, 4.69) is 28.6 Å². The zero-order chi connectivity index (χ0) is 23.7. The number of hydrogen-bond donors (Lipinski definition) is 7. The van der Waals surface area contributed by atoms with Gasteiger partial charge in [-0.1, -0.05) is 26.0 Å². The molecule has 0 aromatic heterocycles. The average molecular weight is 455 g/mol. The zero-order valence-corrected chi connectivity index (χ0v) is 18.6. The topological polar surface area (TPSA) is 171 Å². The maximum absolute atomic E-state index is 12.6. The molecule has 0 aliphatic carbocycles. The summed E-state index contributed by atoms with van der Waals surface area (Å²) >= 11 is 3.95. The van der Waals surface area contributed by atoms with Gasteiger partial charge in [0.1, 0.15) is 23.9 Å². The molecular weight excluding hydrogens is 424 g/mol. The Labute approximate surface area is 186 Å². The van der Waals surface area contributed by atoms with E-state index in [0.717, 1.165) is 0 Å². The molecule has 4 unspecified atom stereocenters. The maximum Gasteiger partial charge on any atom is 0.326 e. The van der Waals surface area contributed by atoms with Gasteiger partial charge in [0.25, 0.3) is 0 Å². The molecular formula is C20H30N4O6S. The van der Waals surface area contributed by atoms with Crippen LogP contribution in [0.5, 0.6) is 5.75 Å². The molecule has 0 saturated heterocycles. The van der Waals surface area contributed by atoms with Crippen molar-refractivity contribution >= 4 is 36.3 Å². The fourth-order valence-corrected chi connectivity index (χ4v) is 2.78. The first-order valence-corrected chi connectivity index (χ1v) is 10.4. The van der Waals surface area contributed by atoms with Crippen molar-refractivity contribution in [2.45, 2.75) is 51.4 Å². The van der Waals surface area contributed by atoms with Crippen LogP contribution in [-0.4, -0.2) is 63.8 Å². The first-order valence-electron chi connectivity index (χ1n) is 9.74. The molecule has 0 aliphatic rings. The second kappa shape index (κ2) is 12.2. The number of thiol groups is 1. The highest BCUT2D eigenvalue weighted by Crippen LogP contribution is 2.11. The van der Waals surface area contributed by atoms with Gasteiger partial charge in [0.15, 0.2) is 0 Å². The Balaban J connectivity index is 2.76. The highest BCUT2D eigenvalue weighted by Gasteiger charge is 2.29. The van der Waals surface area contributed by atoms with Crippen molar-refractivity contribution in [3.05, 3.63) is 29.8 Å². The average Bonchev–Trinajstić information content (AvgIpc) is 2.71. The van der Waals surface area contributed by atoms with Crippen LogP contribution in [0.3, 0.4) is 0 Å². The number of amides is 3. The molecule has 0 bridgehead atoms. The lowest BCUT2D eigenvalue weighted by Crippen LogP contribution is -2.58. The van der Waals surface area contributed by atoms with Gasteiger partial charge in [-0.25, -0.2) is 4.79 Å². The van der Waals surface area contributed by atoms with E-state index >= 15 is 0 Å². The monoisotopic (exact) mass is 454 g/mol. The van der Waals surface area contributed by atoms with E-state index in [1.54, 1.807) is 26.0 Å². The second-order valence-electron chi connectivity index (χ2n) is 7.52. The largest absolute Gasteiger partial charge is 0.508 e. The summed E-state index contributed by atoms with van der Waals surface area (Å²) in [6.07, 6.45) is -0.00564. The third-order valence-corrected chi connectivity index (χ3v) is 4.92. The summed E-state index contributed by atoms with van der Waals surface area (Å²) in [4.78, 5) is 48.6. The van der Waals surface area contributed by atoms with Crippen molar-refractivity contribution in [1.82, 2.24) is 16.0 Å². The molecule has 0 aliphatic heterocycles. The van der Waals surface area contributed by atoms with Crippen LogP contribution in [-0.2, 0) is 25.6 Å². The maximum atomic E-state index is 12.6. The summed E-state index contributed by atoms with van der Waals surface area (Å²) in [5.41, 5.74) is 6.22. The Bertz CT molecular complexity index is 786. The lowest BCUT2D eigenvalue weighted by atomic mass is 10.0. The number of nitrogens with one attached hydrogen (secondary N) is 3. The van der Waals surface area contributed by atoms with E-state index in [4.69, 9.17) is 5.73 Å². The third kappa shape index (κ3) is 8.46. The molecule has 11 heteroatoms. The van der Waals surface area contributed by atoms with Gasteiger partial charge < -0.3 is 31.9 Å². The number of benzene rings is 1. The summed E-state index contributed by atoms with van der Waals surface area (Å²) in [7, 11) is 0. The predicted molar refractivity (Wildman–Crippen MR) is 118 cm³/mol. The lowest BCUT2D eigenvalue weighted by molar-refractivity contribution is -0.142. The molecule has 7 N–H and O–H groups in total. The molecule has 0 fully saturated rings. The Morgan fingerprint density at radius 2 is 1.55 bits per heavy atom. The number of carboxylic acid groups (broad SMARTS) is 1. The molecule has 0 radical (unpaired) electrons. The second-order valence-corrected chi connectivity index (χ2v) is 7.88. The van der Waals surface area contributed by atoms with Gasteiger partial charge >= 0.3 is 5.97 Å². The first-order chi connectivity index (χ1) is 14.5. The van der Waals surface area contributed by atoms with Crippen LogP contribution in [0.1, 0.15) is 26.3 Å². The van der Waals surface area contributed by atoms with Crippen molar-refractivity contribution < 1.29 is 29.4 Å². The van der Waals surface area contributed by atoms with Crippen LogP contribution in [0.4, 0.5) is 0 Å². The SMILES string of the molecule is CC(NC(=O)C(NC(=O)C(N)CS)C(C)C)C(=O)NC(Cc1ccc(O)cc1)C(=O)O. The fourth-order valence-electron chi connectivity index (χ4n) is 2.61. The van der Waals surface area contributed by atoms with Gasteiger partial charge in [0, 0.05) is 12.2 Å². The molecule has 0 spiro atoms. The molecule has 0 saturated carbocycles. The Kier molecular flexibility index (Phi) is 10.3. The molecule has 1 aromatic carbocycles. The molecule has 31 heavy (non-hydrogen) atoms. The zero-order valence-electron chi connectivity index (χ0n) is 17.7. The quantitative estimate of drug-likeness (QED) is 0.219. The number of phenols is 1. The van der Waals surface area contributed by atoms with Crippen molar-refractivity contribution in [3.63, 3.8) is 0 Å². The first kappa shape index (κ1) is 26.2. The molecule has 172 valence electrons. The molecule has 1 aromatic rings. The van der Waals surface area contributed by atoms with Gasteiger partial charge in [-0.3, -0.25) is 14.4 Å². The molecule has 1 rings (SSSR count). The third-order valence-electron chi connectivity index (χ3n) is 4.52. The van der Waals surface area contributed by atoms with Crippen molar-refractivity contribution in [3.8, 4) is 5.75 Å². The van der Waals surface area contributed by atoms with E-state index in [1.165, 1.54) is 19.1 Å². The summed E-state index contributed by atoms with van der Waals surface area (Å²) in [5.74, 6) is -3.21. The van der Waals surface area contributed by atoms with Gasteiger partial charge in [0.05, 0.1) is 6.04 Å². The molecule has 3 amide bonds. The van der Waals surface area contributed by atoms with E-state index in [0.29, 0.717) is 5.56 Å². The van der Waals surface area contributed by atoms with Crippen molar-refractivity contribution in [1.29, 1.82) is 0 Å². The van der Waals surface area contributed by atoms with Crippen molar-refractivity contribution in [2.75, 3.05) is 5.75 Å². The molecule has 0 heterocycles. The van der Waals surface area contributed by atoms with Gasteiger partial charge in [-0.2, -0.15) is 12.6 Å². The number of phenolic OH excluding ortho intramolecular Hbond substituents is 1. The number of carbonyl (C=O) groups is 4. The summed E-state index contributed by atoms with van der Waals surface area (Å²) < 4.78 is 0. The number of rotatable bonds is 11. The number of aliphatic carboxylic acids is 1. The van der Waals surface area contributed by atoms with Gasteiger partial charge in [-0.15, -0.1) is 0 Å². The number of carbonyl (C=O) groups excluding carboxylic acids is 3. The Hall–Kier alpha value is -2.79. The number of hydrogen-bond acceptors (Lipinski definition) is 7. The Morgan fingerprint density at radius 1 is 0.968 bits per heavy atom. The minimum Gasteiger partial charge on any atom is -0.508 e. The van der Waals surface area contributed by atoms with Gasteiger partial charge in [0.2, 0.25) is 17.7 Å². The normalized spacial score (nSPS) is 14.8. The summed E-state index contributed by atoms with van der Waals surface area (Å²) in [6, 6.07) is 1.84. The predicted octanol–water partition coefficient (Wildman–Crippen LogP) is -0.593. The number of carboxylic acids is 1. The van der Waals surface area contributed by atoms with E-state index in [1.807, 2.05) is 0 Å². The van der Waals surface area contributed by atoms with Crippen LogP contribution in [0.25, 0.3) is 0 Å². The number of aromatic hydroxyl groups is 1. The van der Waals surface area contributed by atoms with Crippen LogP contribution >= 0.6 is 12.6 Å². The lowest BCUT2D eigenvalue weighted by Gasteiger charge is -2.25. The van der Waals surface area contributed by atoms with Crippen molar-refractivity contribution in [2.24, 2.45) is 11.7 Å². The van der Waals surface area contributed by atoms with Crippen LogP contribution in [0.15, 0.2) is 24.3 Å². The smallest absolute Gasteiger partial charge is 0.326 e. The highest BCUT2D eigenvalue weighted by atomic mass is 32.1. The summed E-state index contributed by atoms with van der Waals surface area (Å²) in [5, 5.41) is 26.2. The summed E-state index contributed by atoms with van der Waals surface area (Å²) in [6.45, 7) is 4.85. The minimum absolute atomic E-state index is 0.00564. The number of nitrogens with two attached hydrogens (primary N) is 1. The minimum atomic E-state index is -1.24.